The summed E-state index contributed by atoms with van der Waals surface area (Å²) in [5.41, 5.74) is 0.616. The van der Waals surface area contributed by atoms with Gasteiger partial charge in [0.15, 0.2) is 6.23 Å². The van der Waals surface area contributed by atoms with Gasteiger partial charge >= 0.3 is 5.97 Å². The number of ether oxygens (including phenoxy) is 1. The minimum atomic E-state index is -0.572. The molecule has 94 valence electrons. The van der Waals surface area contributed by atoms with Crippen LogP contribution in [0.3, 0.4) is 0 Å². The van der Waals surface area contributed by atoms with Crippen molar-refractivity contribution in [3.63, 3.8) is 0 Å². The summed E-state index contributed by atoms with van der Waals surface area (Å²) in [7, 11) is 0. The molecule has 4 nitrogen and oxygen atoms in total. The summed E-state index contributed by atoms with van der Waals surface area (Å²) in [6.07, 6.45) is -0.572. The van der Waals surface area contributed by atoms with Gasteiger partial charge in [-0.3, -0.25) is 9.69 Å². The highest BCUT2D eigenvalue weighted by atomic mass is 16.6. The summed E-state index contributed by atoms with van der Waals surface area (Å²) >= 11 is 0. The minimum Gasteiger partial charge on any atom is -0.436 e. The number of carbonyl (C=O) groups is 2. The molecular weight excluding hydrogens is 230 g/mol. The Hall–Kier alpha value is -2.10. The summed E-state index contributed by atoms with van der Waals surface area (Å²) < 4.78 is 5.16. The highest BCUT2D eigenvalue weighted by molar-refractivity contribution is 6.02. The highest BCUT2D eigenvalue weighted by Crippen LogP contribution is 2.27. The number of rotatable bonds is 2. The molecule has 4 heteroatoms. The fourth-order valence-electron chi connectivity index (χ4n) is 1.87. The van der Waals surface area contributed by atoms with Crippen molar-refractivity contribution in [2.75, 3.05) is 0 Å². The van der Waals surface area contributed by atoms with Crippen molar-refractivity contribution < 1.29 is 14.3 Å². The molecule has 1 atom stereocenters. The van der Waals surface area contributed by atoms with Crippen LogP contribution in [0.4, 0.5) is 0 Å². The van der Waals surface area contributed by atoms with E-state index in [4.69, 9.17) is 4.74 Å². The van der Waals surface area contributed by atoms with Crippen LogP contribution in [0.25, 0.3) is 0 Å². The number of hydrogen-bond acceptors (Lipinski definition) is 3. The number of nitrogens with zero attached hydrogens (tertiary/aromatic N) is 1. The predicted molar refractivity (Wildman–Crippen MR) is 66.5 cm³/mol. The lowest BCUT2D eigenvalue weighted by atomic mass is 10.1. The Bertz CT molecular complexity index is 493. The van der Waals surface area contributed by atoms with E-state index < -0.39 is 12.2 Å². The van der Waals surface area contributed by atoms with Gasteiger partial charge in [0.2, 0.25) is 0 Å². The highest BCUT2D eigenvalue weighted by Gasteiger charge is 2.41. The molecule has 1 aliphatic rings. The third-order valence-corrected chi connectivity index (χ3v) is 2.82. The number of cyclic esters (lactones) is 1. The van der Waals surface area contributed by atoms with Gasteiger partial charge in [-0.05, 0) is 12.1 Å². The average Bonchev–Trinajstić information content (AvgIpc) is 2.66. The summed E-state index contributed by atoms with van der Waals surface area (Å²) in [5, 5.41) is 0. The van der Waals surface area contributed by atoms with E-state index in [1.54, 1.807) is 24.3 Å². The molecule has 1 heterocycles. The minimum absolute atomic E-state index is 0.0147. The van der Waals surface area contributed by atoms with Gasteiger partial charge in [-0.15, -0.1) is 0 Å². The number of amides is 1. The Kier molecular flexibility index (Phi) is 3.19. The van der Waals surface area contributed by atoms with Crippen molar-refractivity contribution in [1.82, 2.24) is 4.90 Å². The lowest BCUT2D eigenvalue weighted by Crippen LogP contribution is -2.38. The molecule has 0 N–H and O–H groups in total. The Morgan fingerprint density at radius 2 is 1.94 bits per heavy atom. The van der Waals surface area contributed by atoms with Gasteiger partial charge in [-0.1, -0.05) is 38.6 Å². The van der Waals surface area contributed by atoms with Crippen LogP contribution in [0.2, 0.25) is 0 Å². The van der Waals surface area contributed by atoms with E-state index in [1.807, 2.05) is 19.9 Å². The van der Waals surface area contributed by atoms with Crippen LogP contribution in [0.1, 0.15) is 24.2 Å². The SMILES string of the molecule is C=C1C(=O)O[C@@H](C(C)C)N1C(=O)c1ccccc1. The van der Waals surface area contributed by atoms with Gasteiger partial charge in [-0.2, -0.15) is 0 Å². The van der Waals surface area contributed by atoms with Crippen molar-refractivity contribution >= 4 is 11.9 Å². The maximum atomic E-state index is 12.4. The molecule has 1 aromatic carbocycles. The molecule has 0 bridgehead atoms. The van der Waals surface area contributed by atoms with Gasteiger partial charge in [-0.25, -0.2) is 4.79 Å². The quantitative estimate of drug-likeness (QED) is 0.592. The zero-order chi connectivity index (χ0) is 13.3. The van der Waals surface area contributed by atoms with E-state index >= 15 is 0 Å². The van der Waals surface area contributed by atoms with Gasteiger partial charge in [0.1, 0.15) is 5.70 Å². The summed E-state index contributed by atoms with van der Waals surface area (Å²) in [5.74, 6) is -0.774. The van der Waals surface area contributed by atoms with Crippen molar-refractivity contribution in [1.29, 1.82) is 0 Å². The summed E-state index contributed by atoms with van der Waals surface area (Å²) in [6, 6.07) is 8.79. The molecule has 18 heavy (non-hydrogen) atoms. The van der Waals surface area contributed by atoms with Crippen LogP contribution < -0.4 is 0 Å². The summed E-state index contributed by atoms with van der Waals surface area (Å²) in [6.45, 7) is 7.41. The lowest BCUT2D eigenvalue weighted by Gasteiger charge is -2.24. The number of benzene rings is 1. The smallest absolute Gasteiger partial charge is 0.356 e. The van der Waals surface area contributed by atoms with Crippen molar-refractivity contribution in [2.45, 2.75) is 20.1 Å². The molecule has 0 aliphatic carbocycles. The number of esters is 1. The first-order valence-corrected chi connectivity index (χ1v) is 5.81. The topological polar surface area (TPSA) is 46.6 Å². The Morgan fingerprint density at radius 3 is 2.50 bits per heavy atom. The van der Waals surface area contributed by atoms with Gasteiger partial charge in [0.25, 0.3) is 5.91 Å². The third-order valence-electron chi connectivity index (χ3n) is 2.82. The fourth-order valence-corrected chi connectivity index (χ4v) is 1.87. The first kappa shape index (κ1) is 12.4. The van der Waals surface area contributed by atoms with Gasteiger partial charge < -0.3 is 4.74 Å². The molecule has 0 saturated carbocycles. The maximum absolute atomic E-state index is 12.4. The van der Waals surface area contributed by atoms with E-state index in [0.29, 0.717) is 5.56 Å². The molecule has 0 aromatic heterocycles. The largest absolute Gasteiger partial charge is 0.436 e. The van der Waals surface area contributed by atoms with E-state index in [9.17, 15) is 9.59 Å². The van der Waals surface area contributed by atoms with Crippen molar-refractivity contribution in [2.24, 2.45) is 5.92 Å². The van der Waals surface area contributed by atoms with Crippen LogP contribution in [0.15, 0.2) is 42.6 Å². The molecule has 0 unspecified atom stereocenters. The van der Waals surface area contributed by atoms with Crippen LogP contribution >= 0.6 is 0 Å². The fraction of sp³-hybridized carbons (Fsp3) is 0.286. The van der Waals surface area contributed by atoms with Crippen LogP contribution in [-0.4, -0.2) is 23.0 Å². The molecule has 1 aromatic rings. The standard InChI is InChI=1S/C14H15NO3/c1-9(2)13-15(10(3)14(17)18-13)12(16)11-7-5-4-6-8-11/h4-9,13H,3H2,1-2H3/t13-/m0/s1. The normalized spacial score (nSPS) is 19.3. The van der Waals surface area contributed by atoms with Crippen LogP contribution in [0, 0.1) is 5.92 Å². The maximum Gasteiger partial charge on any atom is 0.356 e. The molecule has 0 spiro atoms. The monoisotopic (exact) mass is 245 g/mol. The van der Waals surface area contributed by atoms with E-state index in [0.717, 1.165) is 0 Å². The Morgan fingerprint density at radius 1 is 1.33 bits per heavy atom. The molecule has 1 saturated heterocycles. The van der Waals surface area contributed by atoms with E-state index in [1.165, 1.54) is 4.90 Å². The van der Waals surface area contributed by atoms with Gasteiger partial charge in [0.05, 0.1) is 0 Å². The molecular formula is C14H15NO3. The lowest BCUT2D eigenvalue weighted by molar-refractivity contribution is -0.141. The molecule has 1 aliphatic heterocycles. The Labute approximate surface area is 106 Å². The van der Waals surface area contributed by atoms with Crippen LogP contribution in [-0.2, 0) is 9.53 Å². The van der Waals surface area contributed by atoms with Gasteiger partial charge in [0, 0.05) is 11.5 Å². The Balaban J connectivity index is 2.33. The molecule has 1 fully saturated rings. The van der Waals surface area contributed by atoms with Crippen molar-refractivity contribution in [3.8, 4) is 0 Å². The number of hydrogen-bond donors (Lipinski definition) is 0. The zero-order valence-corrected chi connectivity index (χ0v) is 10.4. The average molecular weight is 245 g/mol. The van der Waals surface area contributed by atoms with Crippen molar-refractivity contribution in [3.05, 3.63) is 48.2 Å². The molecule has 0 radical (unpaired) electrons. The van der Waals surface area contributed by atoms with E-state index in [-0.39, 0.29) is 17.5 Å². The molecule has 1 amide bonds. The summed E-state index contributed by atoms with van der Waals surface area (Å²) in [4.78, 5) is 25.2. The second kappa shape index (κ2) is 4.64. The second-order valence-electron chi connectivity index (χ2n) is 4.53. The second-order valence-corrected chi connectivity index (χ2v) is 4.53. The third kappa shape index (κ3) is 2.01. The van der Waals surface area contributed by atoms with E-state index in [2.05, 4.69) is 6.58 Å². The zero-order valence-electron chi connectivity index (χ0n) is 10.4. The molecule has 2 rings (SSSR count). The number of carbonyl (C=O) groups excluding carboxylic acids is 2. The van der Waals surface area contributed by atoms with Crippen LogP contribution in [0.5, 0.6) is 0 Å². The first-order valence-electron chi connectivity index (χ1n) is 5.81. The predicted octanol–water partition coefficient (Wildman–Crippen LogP) is 2.18. The first-order chi connectivity index (χ1) is 8.52.